The fraction of sp³-hybridized carbons (Fsp3) is 0.933. The van der Waals surface area contributed by atoms with E-state index in [4.69, 9.17) is 13.3 Å². The van der Waals surface area contributed by atoms with Crippen LogP contribution in [0, 0.1) is 0 Å². The molecule has 0 N–H and O–H groups in total. The average Bonchev–Trinajstić information content (AvgIpc) is 3.04. The standard InChI is InChI=1S/C15H32N4O3Si/c1-4-20-23(21-5-2,22-6-3)14-12-10-8-7-9-11-13-19-15-16-17-18-19/h15H,4-14H2,1-3H3. The lowest BCUT2D eigenvalue weighted by molar-refractivity contribution is 0.0706. The topological polar surface area (TPSA) is 71.3 Å². The van der Waals surface area contributed by atoms with Crippen LogP contribution in [0.2, 0.25) is 6.04 Å². The Labute approximate surface area is 141 Å². The van der Waals surface area contributed by atoms with Gasteiger partial charge in [-0.05, 0) is 44.0 Å². The van der Waals surface area contributed by atoms with Gasteiger partial charge in [-0.1, -0.05) is 25.7 Å². The Morgan fingerprint density at radius 3 is 1.91 bits per heavy atom. The maximum absolute atomic E-state index is 5.87. The van der Waals surface area contributed by atoms with Crippen molar-refractivity contribution in [2.45, 2.75) is 71.9 Å². The highest BCUT2D eigenvalue weighted by Crippen LogP contribution is 2.20. The Morgan fingerprint density at radius 2 is 1.39 bits per heavy atom. The Morgan fingerprint density at radius 1 is 0.826 bits per heavy atom. The third-order valence-corrected chi connectivity index (χ3v) is 6.76. The van der Waals surface area contributed by atoms with Gasteiger partial charge in [-0.2, -0.15) is 0 Å². The van der Waals surface area contributed by atoms with E-state index in [1.807, 2.05) is 20.8 Å². The zero-order valence-electron chi connectivity index (χ0n) is 14.9. The summed E-state index contributed by atoms with van der Waals surface area (Å²) in [5, 5.41) is 11.1. The van der Waals surface area contributed by atoms with Crippen LogP contribution in [0.25, 0.3) is 0 Å². The lowest BCUT2D eigenvalue weighted by Crippen LogP contribution is -2.45. The minimum Gasteiger partial charge on any atom is -0.374 e. The highest BCUT2D eigenvalue weighted by Gasteiger charge is 2.39. The summed E-state index contributed by atoms with van der Waals surface area (Å²) in [4.78, 5) is 0. The zero-order chi connectivity index (χ0) is 16.8. The van der Waals surface area contributed by atoms with Gasteiger partial charge in [0.15, 0.2) is 0 Å². The van der Waals surface area contributed by atoms with Crippen LogP contribution in [0.15, 0.2) is 6.33 Å². The predicted octanol–water partition coefficient (Wildman–Crippen LogP) is 3.06. The van der Waals surface area contributed by atoms with Crippen molar-refractivity contribution in [3.63, 3.8) is 0 Å². The number of hydrogen-bond acceptors (Lipinski definition) is 6. The minimum absolute atomic E-state index is 0.656. The van der Waals surface area contributed by atoms with Crippen molar-refractivity contribution in [1.82, 2.24) is 20.2 Å². The van der Waals surface area contributed by atoms with E-state index in [1.54, 1.807) is 11.0 Å². The van der Waals surface area contributed by atoms with E-state index in [0.717, 1.165) is 25.4 Å². The van der Waals surface area contributed by atoms with Gasteiger partial charge in [-0.15, -0.1) is 5.10 Å². The van der Waals surface area contributed by atoms with E-state index in [1.165, 1.54) is 25.7 Å². The van der Waals surface area contributed by atoms with Gasteiger partial charge in [0.05, 0.1) is 0 Å². The van der Waals surface area contributed by atoms with E-state index in [0.29, 0.717) is 19.8 Å². The van der Waals surface area contributed by atoms with Crippen molar-refractivity contribution >= 4 is 8.80 Å². The number of unbranched alkanes of at least 4 members (excludes halogenated alkanes) is 5. The summed E-state index contributed by atoms with van der Waals surface area (Å²) in [6.45, 7) is 8.89. The molecule has 0 saturated carbocycles. The molecule has 0 aromatic carbocycles. The lowest BCUT2D eigenvalue weighted by Gasteiger charge is -2.28. The van der Waals surface area contributed by atoms with Gasteiger partial charge in [0, 0.05) is 32.4 Å². The smallest absolute Gasteiger partial charge is 0.374 e. The lowest BCUT2D eigenvalue weighted by atomic mass is 10.1. The SMILES string of the molecule is CCO[Si](CCCCCCCCn1cnnn1)(OCC)OCC. The Bertz CT molecular complexity index is 362. The van der Waals surface area contributed by atoms with Crippen LogP contribution in [-0.4, -0.2) is 48.8 Å². The molecule has 7 nitrogen and oxygen atoms in total. The summed E-state index contributed by atoms with van der Waals surface area (Å²) in [5.74, 6) is 0. The molecular formula is C15H32N4O3Si. The molecule has 1 heterocycles. The Balaban J connectivity index is 2.10. The molecule has 8 heteroatoms. The molecule has 0 bridgehead atoms. The van der Waals surface area contributed by atoms with Gasteiger partial charge in [0.1, 0.15) is 6.33 Å². The maximum atomic E-state index is 5.87. The quantitative estimate of drug-likeness (QED) is 0.360. The number of nitrogens with zero attached hydrogens (tertiary/aromatic N) is 4. The second-order valence-electron chi connectivity index (χ2n) is 5.43. The molecule has 0 radical (unpaired) electrons. The average molecular weight is 345 g/mol. The molecule has 23 heavy (non-hydrogen) atoms. The van der Waals surface area contributed by atoms with E-state index in [2.05, 4.69) is 15.5 Å². The van der Waals surface area contributed by atoms with Gasteiger partial charge in [-0.25, -0.2) is 4.68 Å². The normalized spacial score (nSPS) is 12.0. The van der Waals surface area contributed by atoms with Crippen molar-refractivity contribution in [2.24, 2.45) is 0 Å². The third-order valence-electron chi connectivity index (χ3n) is 3.60. The van der Waals surface area contributed by atoms with E-state index < -0.39 is 8.80 Å². The summed E-state index contributed by atoms with van der Waals surface area (Å²) in [7, 11) is -2.43. The fourth-order valence-corrected chi connectivity index (χ4v) is 5.29. The van der Waals surface area contributed by atoms with Crippen molar-refractivity contribution in [1.29, 1.82) is 0 Å². The molecule has 0 fully saturated rings. The van der Waals surface area contributed by atoms with Crippen LogP contribution >= 0.6 is 0 Å². The first-order chi connectivity index (χ1) is 11.3. The molecule has 0 spiro atoms. The molecule has 0 aliphatic heterocycles. The first kappa shape index (κ1) is 20.2. The monoisotopic (exact) mass is 344 g/mol. The summed E-state index contributed by atoms with van der Waals surface area (Å²) in [6, 6.07) is 0.924. The second kappa shape index (κ2) is 12.6. The number of tetrazole rings is 1. The summed E-state index contributed by atoms with van der Waals surface area (Å²) in [6.07, 6.45) is 8.80. The van der Waals surface area contributed by atoms with Crippen molar-refractivity contribution in [3.05, 3.63) is 6.33 Å². The van der Waals surface area contributed by atoms with Crippen LogP contribution in [0.1, 0.15) is 59.3 Å². The van der Waals surface area contributed by atoms with Crippen LogP contribution in [0.5, 0.6) is 0 Å². The highest BCUT2D eigenvalue weighted by molar-refractivity contribution is 6.60. The van der Waals surface area contributed by atoms with Gasteiger partial charge >= 0.3 is 8.80 Å². The molecule has 1 aromatic rings. The number of aromatic nitrogens is 4. The van der Waals surface area contributed by atoms with Crippen LogP contribution in [0.4, 0.5) is 0 Å². The van der Waals surface area contributed by atoms with Crippen molar-refractivity contribution < 1.29 is 13.3 Å². The molecule has 0 saturated heterocycles. The van der Waals surface area contributed by atoms with E-state index in [-0.39, 0.29) is 0 Å². The van der Waals surface area contributed by atoms with Gasteiger partial charge in [0.2, 0.25) is 0 Å². The van der Waals surface area contributed by atoms with E-state index >= 15 is 0 Å². The summed E-state index contributed by atoms with van der Waals surface area (Å²) >= 11 is 0. The van der Waals surface area contributed by atoms with Gasteiger partial charge < -0.3 is 13.3 Å². The number of rotatable bonds is 15. The molecule has 0 aliphatic rings. The second-order valence-corrected chi connectivity index (χ2v) is 8.16. The highest BCUT2D eigenvalue weighted by atomic mass is 28.4. The zero-order valence-corrected chi connectivity index (χ0v) is 15.9. The summed E-state index contributed by atoms with van der Waals surface area (Å²) < 4.78 is 19.4. The Hall–Kier alpha value is -0.833. The Kier molecular flexibility index (Phi) is 11.0. The van der Waals surface area contributed by atoms with Gasteiger partial charge in [0.25, 0.3) is 0 Å². The molecule has 134 valence electrons. The molecule has 0 atom stereocenters. The van der Waals surface area contributed by atoms with Crippen molar-refractivity contribution in [3.8, 4) is 0 Å². The summed E-state index contributed by atoms with van der Waals surface area (Å²) in [5.41, 5.74) is 0. The molecule has 1 rings (SSSR count). The maximum Gasteiger partial charge on any atom is 0.500 e. The van der Waals surface area contributed by atoms with Crippen LogP contribution in [0.3, 0.4) is 0 Å². The molecular weight excluding hydrogens is 312 g/mol. The van der Waals surface area contributed by atoms with Crippen LogP contribution in [-0.2, 0) is 19.8 Å². The third kappa shape index (κ3) is 8.54. The van der Waals surface area contributed by atoms with Gasteiger partial charge in [-0.3, -0.25) is 0 Å². The van der Waals surface area contributed by atoms with E-state index in [9.17, 15) is 0 Å². The van der Waals surface area contributed by atoms with Crippen LogP contribution < -0.4 is 0 Å². The first-order valence-electron chi connectivity index (χ1n) is 8.89. The number of hydrogen-bond donors (Lipinski definition) is 0. The fourth-order valence-electron chi connectivity index (χ4n) is 2.61. The molecule has 0 amide bonds. The minimum atomic E-state index is -2.43. The molecule has 0 aliphatic carbocycles. The molecule has 0 unspecified atom stereocenters. The van der Waals surface area contributed by atoms with Crippen molar-refractivity contribution in [2.75, 3.05) is 19.8 Å². The first-order valence-corrected chi connectivity index (χ1v) is 10.8. The molecule has 1 aromatic heterocycles. The largest absolute Gasteiger partial charge is 0.500 e. The predicted molar refractivity (Wildman–Crippen MR) is 91.0 cm³/mol. The number of aryl methyl sites for hydroxylation is 1.